The number of benzene rings is 2. The van der Waals surface area contributed by atoms with Gasteiger partial charge in [-0.1, -0.05) is 36.9 Å². The molecule has 2 heterocycles. The van der Waals surface area contributed by atoms with E-state index in [1.807, 2.05) is 29.5 Å². The third kappa shape index (κ3) is 3.90. The van der Waals surface area contributed by atoms with Crippen molar-refractivity contribution in [3.63, 3.8) is 0 Å². The molecule has 1 atom stereocenters. The van der Waals surface area contributed by atoms with Crippen LogP contribution < -0.4 is 10.9 Å². The predicted molar refractivity (Wildman–Crippen MR) is 120 cm³/mol. The fraction of sp³-hybridized carbons (Fsp3) is 0.227. The molecule has 4 aromatic rings. The molecule has 1 N–H and O–H groups in total. The Labute approximate surface area is 182 Å². The van der Waals surface area contributed by atoms with E-state index in [4.69, 9.17) is 5.26 Å². The van der Waals surface area contributed by atoms with E-state index in [0.717, 1.165) is 6.42 Å². The monoisotopic (exact) mass is 432 g/mol. The summed E-state index contributed by atoms with van der Waals surface area (Å²) in [5.41, 5.74) is 1.64. The Morgan fingerprint density at radius 3 is 2.81 bits per heavy atom. The van der Waals surface area contributed by atoms with Crippen LogP contribution in [0.3, 0.4) is 0 Å². The number of fused-ring (bicyclic) bond motifs is 3. The molecule has 31 heavy (non-hydrogen) atoms. The van der Waals surface area contributed by atoms with Crippen molar-refractivity contribution in [1.82, 2.24) is 19.2 Å². The number of thioether (sulfide) groups is 1. The maximum Gasteiger partial charge on any atom is 0.262 e. The first-order valence-corrected chi connectivity index (χ1v) is 10.8. The van der Waals surface area contributed by atoms with Crippen LogP contribution in [0.25, 0.3) is 16.7 Å². The summed E-state index contributed by atoms with van der Waals surface area (Å²) in [5, 5.41) is 21.0. The Bertz CT molecular complexity index is 1380. The Balaban J connectivity index is 1.69. The highest BCUT2D eigenvalue weighted by Gasteiger charge is 2.21. The second kappa shape index (κ2) is 8.62. The van der Waals surface area contributed by atoms with Crippen molar-refractivity contribution in [2.45, 2.75) is 37.2 Å². The lowest BCUT2D eigenvalue weighted by atomic mass is 10.2. The first-order valence-electron chi connectivity index (χ1n) is 9.88. The van der Waals surface area contributed by atoms with Gasteiger partial charge in [0.05, 0.1) is 27.8 Å². The Morgan fingerprint density at radius 2 is 2.03 bits per heavy atom. The van der Waals surface area contributed by atoms with E-state index in [0.29, 0.717) is 39.6 Å². The van der Waals surface area contributed by atoms with Gasteiger partial charge in [-0.25, -0.2) is 0 Å². The van der Waals surface area contributed by atoms with E-state index in [1.165, 1.54) is 11.8 Å². The maximum absolute atomic E-state index is 12.9. The second-order valence-corrected chi connectivity index (χ2v) is 8.34. The van der Waals surface area contributed by atoms with E-state index in [2.05, 4.69) is 21.6 Å². The number of nitrogens with one attached hydrogen (secondary N) is 1. The number of hydrogen-bond donors (Lipinski definition) is 1. The molecular weight excluding hydrogens is 412 g/mol. The van der Waals surface area contributed by atoms with Gasteiger partial charge in [0.25, 0.3) is 5.56 Å². The largest absolute Gasteiger partial charge is 0.325 e. The van der Waals surface area contributed by atoms with Crippen molar-refractivity contribution in [3.05, 3.63) is 64.4 Å². The van der Waals surface area contributed by atoms with Gasteiger partial charge in [-0.15, -0.1) is 10.2 Å². The Morgan fingerprint density at radius 1 is 1.23 bits per heavy atom. The number of hydrogen-bond acceptors (Lipinski definition) is 6. The van der Waals surface area contributed by atoms with Gasteiger partial charge in [-0.2, -0.15) is 5.26 Å². The number of para-hydroxylation sites is 1. The van der Waals surface area contributed by atoms with Crippen molar-refractivity contribution in [2.24, 2.45) is 0 Å². The van der Waals surface area contributed by atoms with Crippen LogP contribution in [-0.2, 0) is 11.3 Å². The van der Waals surface area contributed by atoms with Gasteiger partial charge in [-0.05, 0) is 43.7 Å². The summed E-state index contributed by atoms with van der Waals surface area (Å²) >= 11 is 1.26. The normalized spacial score (nSPS) is 12.0. The fourth-order valence-electron chi connectivity index (χ4n) is 3.36. The van der Waals surface area contributed by atoms with Crippen LogP contribution in [0.4, 0.5) is 5.69 Å². The number of anilines is 1. The van der Waals surface area contributed by atoms with Crippen molar-refractivity contribution in [1.29, 1.82) is 5.26 Å². The predicted octanol–water partition coefficient (Wildman–Crippen LogP) is 3.45. The molecule has 0 spiro atoms. The molecule has 1 amide bonds. The van der Waals surface area contributed by atoms with Gasteiger partial charge in [0, 0.05) is 12.2 Å². The van der Waals surface area contributed by atoms with E-state index < -0.39 is 5.25 Å². The van der Waals surface area contributed by atoms with Gasteiger partial charge < -0.3 is 5.32 Å². The van der Waals surface area contributed by atoms with Gasteiger partial charge in [0.2, 0.25) is 11.7 Å². The molecule has 0 radical (unpaired) electrons. The molecule has 2 aromatic heterocycles. The SMILES string of the molecule is CCCn1c(=O)c2ccccc2n2c(SC(C)C(=O)Nc3cccc(C#N)c3)nnc12. The van der Waals surface area contributed by atoms with E-state index >= 15 is 0 Å². The van der Waals surface area contributed by atoms with Crippen molar-refractivity contribution in [2.75, 3.05) is 5.32 Å². The van der Waals surface area contributed by atoms with Crippen LogP contribution >= 0.6 is 11.8 Å². The smallest absolute Gasteiger partial charge is 0.262 e. The summed E-state index contributed by atoms with van der Waals surface area (Å²) in [4.78, 5) is 25.6. The van der Waals surface area contributed by atoms with Crippen LogP contribution in [0.2, 0.25) is 0 Å². The van der Waals surface area contributed by atoms with E-state index in [9.17, 15) is 9.59 Å². The first kappa shape index (κ1) is 20.6. The molecule has 0 saturated carbocycles. The van der Waals surface area contributed by atoms with Crippen LogP contribution in [0.15, 0.2) is 58.5 Å². The van der Waals surface area contributed by atoms with Gasteiger partial charge >= 0.3 is 0 Å². The molecular formula is C22H20N6O2S. The number of aryl methyl sites for hydroxylation is 1. The van der Waals surface area contributed by atoms with Crippen LogP contribution in [0.5, 0.6) is 0 Å². The quantitative estimate of drug-likeness (QED) is 0.468. The third-order valence-electron chi connectivity index (χ3n) is 4.84. The minimum atomic E-state index is -0.483. The average molecular weight is 433 g/mol. The number of carbonyl (C=O) groups excluding carboxylic acids is 1. The van der Waals surface area contributed by atoms with Crippen molar-refractivity contribution >= 4 is 40.0 Å². The number of amides is 1. The standard InChI is InChI=1S/C22H20N6O2S/c1-3-11-27-20(30)17-9-4-5-10-18(17)28-21(27)25-26-22(28)31-14(2)19(29)24-16-8-6-7-15(12-16)13-23/h4-10,12,14H,3,11H2,1-2H3,(H,24,29). The highest BCUT2D eigenvalue weighted by Crippen LogP contribution is 2.26. The fourth-order valence-corrected chi connectivity index (χ4v) is 4.21. The third-order valence-corrected chi connectivity index (χ3v) is 5.88. The topological polar surface area (TPSA) is 105 Å². The summed E-state index contributed by atoms with van der Waals surface area (Å²) in [5.74, 6) is 0.241. The number of nitrogens with zero attached hydrogens (tertiary/aromatic N) is 5. The van der Waals surface area contributed by atoms with Gasteiger partial charge in [0.15, 0.2) is 5.16 Å². The van der Waals surface area contributed by atoms with Crippen LogP contribution in [0, 0.1) is 11.3 Å². The minimum absolute atomic E-state index is 0.0999. The summed E-state index contributed by atoms with van der Waals surface area (Å²) in [7, 11) is 0. The summed E-state index contributed by atoms with van der Waals surface area (Å²) < 4.78 is 3.45. The molecule has 1 unspecified atom stereocenters. The summed E-state index contributed by atoms with van der Waals surface area (Å²) in [6, 6.07) is 16.1. The van der Waals surface area contributed by atoms with Crippen molar-refractivity contribution < 1.29 is 4.79 Å². The minimum Gasteiger partial charge on any atom is -0.325 e. The van der Waals surface area contributed by atoms with Gasteiger partial charge in [0.1, 0.15) is 0 Å². The molecule has 0 aliphatic carbocycles. The van der Waals surface area contributed by atoms with Crippen LogP contribution in [0.1, 0.15) is 25.8 Å². The molecule has 0 saturated heterocycles. The molecule has 0 aliphatic heterocycles. The molecule has 0 aliphatic rings. The van der Waals surface area contributed by atoms with E-state index in [-0.39, 0.29) is 11.5 Å². The number of aromatic nitrogens is 4. The average Bonchev–Trinajstić information content (AvgIpc) is 3.20. The Hall–Kier alpha value is -3.64. The molecule has 4 rings (SSSR count). The van der Waals surface area contributed by atoms with E-state index in [1.54, 1.807) is 41.8 Å². The zero-order chi connectivity index (χ0) is 22.0. The van der Waals surface area contributed by atoms with Crippen LogP contribution in [-0.4, -0.2) is 30.3 Å². The number of nitriles is 1. The molecule has 9 heteroatoms. The molecule has 2 aromatic carbocycles. The highest BCUT2D eigenvalue weighted by molar-refractivity contribution is 8.00. The number of rotatable bonds is 6. The Kier molecular flexibility index (Phi) is 5.73. The lowest BCUT2D eigenvalue weighted by Crippen LogP contribution is -2.24. The second-order valence-electron chi connectivity index (χ2n) is 7.03. The molecule has 0 bridgehead atoms. The lowest BCUT2D eigenvalue weighted by molar-refractivity contribution is -0.115. The first-order chi connectivity index (χ1) is 15.0. The molecule has 8 nitrogen and oxygen atoms in total. The number of carbonyl (C=O) groups is 1. The highest BCUT2D eigenvalue weighted by atomic mass is 32.2. The summed E-state index contributed by atoms with van der Waals surface area (Å²) in [6.45, 7) is 4.30. The lowest BCUT2D eigenvalue weighted by Gasteiger charge is -2.13. The van der Waals surface area contributed by atoms with Crippen molar-refractivity contribution in [3.8, 4) is 6.07 Å². The molecule has 156 valence electrons. The maximum atomic E-state index is 12.9. The summed E-state index contributed by atoms with van der Waals surface area (Å²) in [6.07, 6.45) is 0.782. The molecule has 0 fully saturated rings. The zero-order valence-electron chi connectivity index (χ0n) is 17.1. The van der Waals surface area contributed by atoms with Gasteiger partial charge in [-0.3, -0.25) is 18.6 Å². The zero-order valence-corrected chi connectivity index (χ0v) is 17.9.